The zero-order valence-electron chi connectivity index (χ0n) is 8.24. The van der Waals surface area contributed by atoms with E-state index < -0.39 is 0 Å². The van der Waals surface area contributed by atoms with Crippen LogP contribution in [0, 0.1) is 11.3 Å². The maximum atomic E-state index is 8.52. The number of nitriles is 1. The van der Waals surface area contributed by atoms with Crippen LogP contribution in [0.4, 0.5) is 5.69 Å². The normalized spacial score (nSPS) is 9.73. The number of hydrogen-bond acceptors (Lipinski definition) is 4. The van der Waals surface area contributed by atoms with Crippen LogP contribution in [0.3, 0.4) is 0 Å². The predicted molar refractivity (Wildman–Crippen MR) is 60.2 cm³/mol. The van der Waals surface area contributed by atoms with Crippen LogP contribution in [0.1, 0.15) is 13.3 Å². The summed E-state index contributed by atoms with van der Waals surface area (Å²) in [6, 6.07) is 3.73. The van der Waals surface area contributed by atoms with E-state index in [1.807, 2.05) is 11.8 Å². The van der Waals surface area contributed by atoms with Gasteiger partial charge in [-0.15, -0.1) is 10.2 Å². The largest absolute Gasteiger partial charge is 0.368 e. The fourth-order valence-corrected chi connectivity index (χ4v) is 1.55. The summed E-state index contributed by atoms with van der Waals surface area (Å²) in [4.78, 5) is 1.94. The first kappa shape index (κ1) is 12.0. The van der Waals surface area contributed by atoms with Crippen molar-refractivity contribution in [2.45, 2.75) is 13.3 Å². The quantitative estimate of drug-likeness (QED) is 0.817. The molecular weight excluding hydrogens is 235 g/mol. The summed E-state index contributed by atoms with van der Waals surface area (Å²) in [6.07, 6.45) is 0.435. The summed E-state index contributed by atoms with van der Waals surface area (Å²) in [5.74, 6) is 0. The van der Waals surface area contributed by atoms with Crippen molar-refractivity contribution < 1.29 is 0 Å². The van der Waals surface area contributed by atoms with E-state index in [4.69, 9.17) is 28.5 Å². The van der Waals surface area contributed by atoms with Gasteiger partial charge in [0.15, 0.2) is 10.3 Å². The zero-order valence-corrected chi connectivity index (χ0v) is 9.76. The van der Waals surface area contributed by atoms with Crippen LogP contribution in [-0.4, -0.2) is 23.3 Å². The Kier molecular flexibility index (Phi) is 4.60. The molecule has 4 nitrogen and oxygen atoms in total. The molecule has 0 atom stereocenters. The van der Waals surface area contributed by atoms with Gasteiger partial charge in [0.05, 0.1) is 18.2 Å². The summed E-state index contributed by atoms with van der Waals surface area (Å²) < 4.78 is 0. The Labute approximate surface area is 98.4 Å². The van der Waals surface area contributed by atoms with E-state index in [1.165, 1.54) is 0 Å². The maximum Gasteiger partial charge on any atom is 0.175 e. The topological polar surface area (TPSA) is 52.8 Å². The highest BCUT2D eigenvalue weighted by Gasteiger charge is 2.10. The van der Waals surface area contributed by atoms with Gasteiger partial charge in [-0.3, -0.25) is 0 Å². The lowest BCUT2D eigenvalue weighted by molar-refractivity contribution is 0.819. The van der Waals surface area contributed by atoms with Crippen LogP contribution in [0.2, 0.25) is 10.3 Å². The highest BCUT2D eigenvalue weighted by Crippen LogP contribution is 2.25. The molecule has 0 saturated heterocycles. The fraction of sp³-hybridized carbons (Fsp3) is 0.444. The van der Waals surface area contributed by atoms with Crippen molar-refractivity contribution in [1.29, 1.82) is 5.26 Å². The molecule has 80 valence electrons. The molecule has 0 N–H and O–H groups in total. The molecule has 0 aromatic carbocycles. The Morgan fingerprint density at radius 2 is 2.20 bits per heavy atom. The molecule has 0 amide bonds. The average molecular weight is 245 g/mol. The van der Waals surface area contributed by atoms with Gasteiger partial charge >= 0.3 is 0 Å². The number of rotatable bonds is 4. The van der Waals surface area contributed by atoms with Crippen LogP contribution in [0.25, 0.3) is 0 Å². The van der Waals surface area contributed by atoms with Crippen LogP contribution in [-0.2, 0) is 0 Å². The third kappa shape index (κ3) is 3.22. The molecule has 0 radical (unpaired) electrons. The van der Waals surface area contributed by atoms with Crippen LogP contribution < -0.4 is 4.90 Å². The van der Waals surface area contributed by atoms with Crippen molar-refractivity contribution in [1.82, 2.24) is 10.2 Å². The molecule has 0 aliphatic carbocycles. The second-order valence-corrected chi connectivity index (χ2v) is 3.58. The van der Waals surface area contributed by atoms with E-state index in [-0.39, 0.29) is 0 Å². The molecule has 0 spiro atoms. The van der Waals surface area contributed by atoms with Crippen molar-refractivity contribution in [3.63, 3.8) is 0 Å². The molecule has 0 fully saturated rings. The standard InChI is InChI=1S/C9H10Cl2N4/c1-2-15(5-3-4-12)7-6-8(10)13-14-9(7)11/h6H,2-3,5H2,1H3. The first-order chi connectivity index (χ1) is 7.19. The van der Waals surface area contributed by atoms with Crippen LogP contribution in [0.5, 0.6) is 0 Å². The minimum Gasteiger partial charge on any atom is -0.368 e. The summed E-state index contributed by atoms with van der Waals surface area (Å²) in [7, 11) is 0. The lowest BCUT2D eigenvalue weighted by atomic mass is 10.3. The van der Waals surface area contributed by atoms with Gasteiger partial charge in [-0.05, 0) is 6.92 Å². The second-order valence-electron chi connectivity index (χ2n) is 2.83. The number of nitrogens with zero attached hydrogens (tertiary/aromatic N) is 4. The predicted octanol–water partition coefficient (Wildman–Crippen LogP) is 2.52. The zero-order chi connectivity index (χ0) is 11.3. The molecule has 6 heteroatoms. The van der Waals surface area contributed by atoms with Crippen molar-refractivity contribution in [2.75, 3.05) is 18.0 Å². The van der Waals surface area contributed by atoms with Gasteiger partial charge in [0.1, 0.15) is 0 Å². The van der Waals surface area contributed by atoms with Crippen LogP contribution in [0.15, 0.2) is 6.07 Å². The summed E-state index contributed by atoms with van der Waals surface area (Å²) in [5.41, 5.74) is 0.717. The third-order valence-electron chi connectivity index (χ3n) is 1.92. The van der Waals surface area contributed by atoms with Crippen molar-refractivity contribution >= 4 is 28.9 Å². The monoisotopic (exact) mass is 244 g/mol. The number of hydrogen-bond donors (Lipinski definition) is 0. The summed E-state index contributed by atoms with van der Waals surface area (Å²) in [6.45, 7) is 3.32. The maximum absolute atomic E-state index is 8.52. The van der Waals surface area contributed by atoms with Gasteiger partial charge in [0.25, 0.3) is 0 Å². The van der Waals surface area contributed by atoms with Crippen molar-refractivity contribution in [3.05, 3.63) is 16.4 Å². The number of halogens is 2. The lowest BCUT2D eigenvalue weighted by Gasteiger charge is -2.21. The van der Waals surface area contributed by atoms with Crippen LogP contribution >= 0.6 is 23.2 Å². The molecule has 1 heterocycles. The van der Waals surface area contributed by atoms with E-state index in [0.717, 1.165) is 12.2 Å². The minimum atomic E-state index is 0.296. The Morgan fingerprint density at radius 1 is 1.47 bits per heavy atom. The van der Waals surface area contributed by atoms with E-state index in [1.54, 1.807) is 6.07 Å². The molecule has 0 unspecified atom stereocenters. The molecule has 0 aliphatic rings. The highest BCUT2D eigenvalue weighted by atomic mass is 35.5. The number of aromatic nitrogens is 2. The lowest BCUT2D eigenvalue weighted by Crippen LogP contribution is -2.24. The van der Waals surface area contributed by atoms with Gasteiger partial charge in [0.2, 0.25) is 0 Å². The molecule has 1 aromatic rings. The highest BCUT2D eigenvalue weighted by molar-refractivity contribution is 6.33. The smallest absolute Gasteiger partial charge is 0.175 e. The Bertz CT molecular complexity index is 375. The SMILES string of the molecule is CCN(CCC#N)c1cc(Cl)nnc1Cl. The van der Waals surface area contributed by atoms with E-state index >= 15 is 0 Å². The average Bonchev–Trinajstić information content (AvgIpc) is 2.24. The van der Waals surface area contributed by atoms with Crippen molar-refractivity contribution in [3.8, 4) is 6.07 Å². The van der Waals surface area contributed by atoms with Gasteiger partial charge < -0.3 is 4.90 Å². The first-order valence-corrected chi connectivity index (χ1v) is 5.25. The summed E-state index contributed by atoms with van der Waals surface area (Å²) in [5, 5.41) is 16.5. The molecule has 1 aromatic heterocycles. The molecule has 0 aliphatic heterocycles. The van der Waals surface area contributed by atoms with Gasteiger partial charge in [-0.1, -0.05) is 23.2 Å². The van der Waals surface area contributed by atoms with Gasteiger partial charge in [-0.25, -0.2) is 0 Å². The first-order valence-electron chi connectivity index (χ1n) is 4.49. The molecule has 0 bridgehead atoms. The Balaban J connectivity index is 2.91. The Morgan fingerprint density at radius 3 is 2.80 bits per heavy atom. The molecule has 15 heavy (non-hydrogen) atoms. The molecule has 1 rings (SSSR count). The molecular formula is C9H10Cl2N4. The van der Waals surface area contributed by atoms with E-state index in [0.29, 0.717) is 23.3 Å². The van der Waals surface area contributed by atoms with Gasteiger partial charge in [-0.2, -0.15) is 5.26 Å². The minimum absolute atomic E-state index is 0.296. The molecule has 0 saturated carbocycles. The van der Waals surface area contributed by atoms with Gasteiger partial charge in [0, 0.05) is 19.2 Å². The second kappa shape index (κ2) is 5.74. The number of anilines is 1. The van der Waals surface area contributed by atoms with E-state index in [2.05, 4.69) is 16.3 Å². The van der Waals surface area contributed by atoms with Crippen molar-refractivity contribution in [2.24, 2.45) is 0 Å². The Hall–Kier alpha value is -1.05. The summed E-state index contributed by atoms with van der Waals surface area (Å²) >= 11 is 11.6. The fourth-order valence-electron chi connectivity index (χ4n) is 1.20. The third-order valence-corrected chi connectivity index (χ3v) is 2.37. The van der Waals surface area contributed by atoms with E-state index in [9.17, 15) is 0 Å².